The molecule has 8 rings (SSSR count). The number of esters is 1. The number of hydrogen-bond donors (Lipinski definition) is 4. The van der Waals surface area contributed by atoms with Crippen LogP contribution in [-0.2, 0) is 24.4 Å². The Morgan fingerprint density at radius 1 is 1.24 bits per heavy atom. The van der Waals surface area contributed by atoms with E-state index in [2.05, 4.69) is 11.0 Å². The van der Waals surface area contributed by atoms with Gasteiger partial charge in [-0.15, -0.1) is 0 Å². The Balaban J connectivity index is 1.30. The van der Waals surface area contributed by atoms with Crippen LogP contribution in [0.1, 0.15) is 32.3 Å². The molecule has 198 valence electrons. The number of para-hydroxylation sites is 1. The lowest BCUT2D eigenvalue weighted by Gasteiger charge is -2.59. The standard InChI is InChI=1S/C27H32N2O8/c1-3-12-13-8-16-23-27(14-6-4-5-7-15(14)28-23)9-17(19(13)24(27)35-11(2)31)29(16)25(12)37-26-22(34)21(33)20(32)18(10-30)36-26/h3-7,13,16-22,24-26,30,32-34H,8-10H2,1-2H3/b12-3+/t13-,16?,17-,18+,19-,20+,21-,22+,24+,25-,26-,27?/m0/s1. The average molecular weight is 513 g/mol. The largest absolute Gasteiger partial charge is 0.461 e. The van der Waals surface area contributed by atoms with Crippen molar-refractivity contribution in [2.45, 2.75) is 87.2 Å². The summed E-state index contributed by atoms with van der Waals surface area (Å²) >= 11 is 0. The van der Waals surface area contributed by atoms with Gasteiger partial charge < -0.3 is 34.6 Å². The van der Waals surface area contributed by atoms with Crippen molar-refractivity contribution in [1.82, 2.24) is 4.90 Å². The number of hydrogen-bond acceptors (Lipinski definition) is 10. The van der Waals surface area contributed by atoms with Crippen LogP contribution in [0.3, 0.4) is 0 Å². The van der Waals surface area contributed by atoms with Crippen LogP contribution in [0.2, 0.25) is 0 Å². The van der Waals surface area contributed by atoms with Gasteiger partial charge in [-0.1, -0.05) is 24.3 Å². The lowest BCUT2D eigenvalue weighted by atomic mass is 9.66. The fraction of sp³-hybridized carbons (Fsp3) is 0.630. The van der Waals surface area contributed by atoms with Crippen LogP contribution in [-0.4, -0.2) is 98.7 Å². The molecule has 7 aliphatic rings. The number of rotatable bonds is 4. The van der Waals surface area contributed by atoms with Crippen LogP contribution in [0.4, 0.5) is 5.69 Å². The van der Waals surface area contributed by atoms with Crippen molar-refractivity contribution in [1.29, 1.82) is 0 Å². The monoisotopic (exact) mass is 512 g/mol. The van der Waals surface area contributed by atoms with Crippen molar-refractivity contribution in [2.24, 2.45) is 16.8 Å². The molecule has 3 unspecified atom stereocenters. The molecule has 10 nitrogen and oxygen atoms in total. The van der Waals surface area contributed by atoms with Crippen molar-refractivity contribution in [3.63, 3.8) is 0 Å². The van der Waals surface area contributed by atoms with Gasteiger partial charge in [-0.3, -0.25) is 14.7 Å². The highest BCUT2D eigenvalue weighted by atomic mass is 16.7. The summed E-state index contributed by atoms with van der Waals surface area (Å²) in [6.45, 7) is 2.89. The maximum atomic E-state index is 12.4. The van der Waals surface area contributed by atoms with Gasteiger partial charge in [-0.05, 0) is 42.9 Å². The third kappa shape index (κ3) is 2.95. The SMILES string of the molecule is C/C=C1\[C@@H]2CC3C4=Nc5ccccc5C45C[C@@H]([C@H]2[C@H]5OC(C)=O)N3[C@H]1O[C@@H]1O[C@H](CO)[C@@H](O)[C@H](O)[C@H]1O. The smallest absolute Gasteiger partial charge is 0.302 e. The molecule has 1 aliphatic carbocycles. The molecule has 5 bridgehead atoms. The average Bonchev–Trinajstić information content (AvgIpc) is 3.36. The minimum Gasteiger partial charge on any atom is -0.461 e. The van der Waals surface area contributed by atoms with Gasteiger partial charge in [0.05, 0.1) is 29.5 Å². The third-order valence-corrected chi connectivity index (χ3v) is 9.62. The quantitative estimate of drug-likeness (QED) is 0.327. The number of aliphatic hydroxyl groups is 4. The van der Waals surface area contributed by atoms with E-state index in [1.165, 1.54) is 6.92 Å². The van der Waals surface area contributed by atoms with Crippen molar-refractivity contribution >= 4 is 17.4 Å². The molecule has 1 saturated carbocycles. The van der Waals surface area contributed by atoms with Crippen molar-refractivity contribution in [2.75, 3.05) is 6.61 Å². The predicted molar refractivity (Wildman–Crippen MR) is 129 cm³/mol. The van der Waals surface area contributed by atoms with Crippen LogP contribution in [0.5, 0.6) is 0 Å². The van der Waals surface area contributed by atoms with E-state index in [1.807, 2.05) is 31.2 Å². The van der Waals surface area contributed by atoms with Crippen LogP contribution in [0.15, 0.2) is 40.9 Å². The molecule has 37 heavy (non-hydrogen) atoms. The molecule has 6 aliphatic heterocycles. The van der Waals surface area contributed by atoms with E-state index in [1.54, 1.807) is 0 Å². The lowest BCUT2D eigenvalue weighted by Crippen LogP contribution is -2.70. The van der Waals surface area contributed by atoms with E-state index in [0.717, 1.165) is 35.4 Å². The van der Waals surface area contributed by atoms with Gasteiger partial charge in [-0.2, -0.15) is 0 Å². The van der Waals surface area contributed by atoms with E-state index in [0.29, 0.717) is 0 Å². The van der Waals surface area contributed by atoms with Gasteiger partial charge in [0.1, 0.15) is 36.7 Å². The molecule has 6 heterocycles. The number of benzene rings is 1. The minimum absolute atomic E-state index is 0.0495. The number of nitrogens with zero attached hydrogens (tertiary/aromatic N) is 2. The zero-order chi connectivity index (χ0) is 25.8. The fourth-order valence-electron chi connectivity index (χ4n) is 8.32. The second-order valence-corrected chi connectivity index (χ2v) is 11.1. The summed E-state index contributed by atoms with van der Waals surface area (Å²) in [5, 5.41) is 40.9. The van der Waals surface area contributed by atoms with Gasteiger partial charge >= 0.3 is 5.97 Å². The van der Waals surface area contributed by atoms with E-state index >= 15 is 0 Å². The molecule has 0 radical (unpaired) electrons. The normalized spacial score (nSPS) is 49.7. The molecular weight excluding hydrogens is 480 g/mol. The molecular formula is C27H32N2O8. The Hall–Kier alpha value is -2.18. The van der Waals surface area contributed by atoms with Gasteiger partial charge in [0.15, 0.2) is 6.29 Å². The van der Waals surface area contributed by atoms with Gasteiger partial charge in [0.2, 0.25) is 0 Å². The number of aliphatic hydroxyl groups excluding tert-OH is 4. The maximum absolute atomic E-state index is 12.4. The topological polar surface area (TPSA) is 141 Å². The summed E-state index contributed by atoms with van der Waals surface area (Å²) in [6.07, 6.45) is -4.07. The molecule has 13 atom stereocenters. The molecule has 0 amide bonds. The summed E-state index contributed by atoms with van der Waals surface area (Å²) in [5.41, 5.74) is 3.57. The lowest BCUT2D eigenvalue weighted by molar-refractivity contribution is -0.328. The predicted octanol–water partition coefficient (Wildman–Crippen LogP) is 0.137. The molecule has 4 N–H and O–H groups in total. The summed E-state index contributed by atoms with van der Waals surface area (Å²) in [5.74, 6) is -0.176. The second-order valence-electron chi connectivity index (χ2n) is 11.1. The number of allylic oxidation sites excluding steroid dienone is 1. The molecule has 10 heteroatoms. The van der Waals surface area contributed by atoms with Crippen molar-refractivity contribution in [3.8, 4) is 0 Å². The summed E-state index contributed by atoms with van der Waals surface area (Å²) < 4.78 is 18.3. The van der Waals surface area contributed by atoms with Crippen molar-refractivity contribution in [3.05, 3.63) is 41.5 Å². The number of aliphatic imine (C=N–C) groups is 1. The Morgan fingerprint density at radius 3 is 2.76 bits per heavy atom. The molecule has 1 aromatic carbocycles. The highest BCUT2D eigenvalue weighted by Crippen LogP contribution is 2.67. The number of carbonyl (C=O) groups excluding carboxylic acids is 1. The zero-order valence-corrected chi connectivity index (χ0v) is 20.7. The summed E-state index contributed by atoms with van der Waals surface area (Å²) in [4.78, 5) is 19.8. The first-order valence-electron chi connectivity index (χ1n) is 13.1. The van der Waals surface area contributed by atoms with E-state index in [9.17, 15) is 25.2 Å². The molecule has 1 aromatic rings. The molecule has 1 spiro atoms. The van der Waals surface area contributed by atoms with Crippen LogP contribution in [0.25, 0.3) is 0 Å². The first-order valence-corrected chi connectivity index (χ1v) is 13.1. The van der Waals surface area contributed by atoms with Gasteiger partial charge in [-0.25, -0.2) is 0 Å². The number of ether oxygens (including phenoxy) is 3. The first-order chi connectivity index (χ1) is 17.8. The number of carbonyl (C=O) groups is 1. The van der Waals surface area contributed by atoms with E-state index in [4.69, 9.17) is 19.2 Å². The number of fused-ring (bicyclic) bond motifs is 2. The number of piperidine rings is 4. The van der Waals surface area contributed by atoms with Gasteiger partial charge in [0.25, 0.3) is 0 Å². The maximum Gasteiger partial charge on any atom is 0.302 e. The van der Waals surface area contributed by atoms with Crippen molar-refractivity contribution < 1.29 is 39.4 Å². The Kier molecular flexibility index (Phi) is 5.27. The second kappa shape index (κ2) is 8.16. The molecule has 0 aromatic heterocycles. The Labute approximate surface area is 214 Å². The molecule has 6 fully saturated rings. The fourth-order valence-corrected chi connectivity index (χ4v) is 8.32. The summed E-state index contributed by atoms with van der Waals surface area (Å²) in [7, 11) is 0. The van der Waals surface area contributed by atoms with Crippen LogP contribution < -0.4 is 0 Å². The highest BCUT2D eigenvalue weighted by Gasteiger charge is 2.75. The van der Waals surface area contributed by atoms with Crippen LogP contribution in [0, 0.1) is 11.8 Å². The highest BCUT2D eigenvalue weighted by molar-refractivity contribution is 6.08. The van der Waals surface area contributed by atoms with E-state index in [-0.39, 0.29) is 36.0 Å². The summed E-state index contributed by atoms with van der Waals surface area (Å²) in [6, 6.07) is 8.10. The first kappa shape index (κ1) is 23.9. The molecule has 5 saturated heterocycles. The zero-order valence-electron chi connectivity index (χ0n) is 20.7. The minimum atomic E-state index is -1.52. The van der Waals surface area contributed by atoms with E-state index < -0.39 is 49.0 Å². The van der Waals surface area contributed by atoms with Gasteiger partial charge in [0, 0.05) is 18.9 Å². The Bertz CT molecular complexity index is 1200. The third-order valence-electron chi connectivity index (χ3n) is 9.62. The Morgan fingerprint density at radius 2 is 2.03 bits per heavy atom. The van der Waals surface area contributed by atoms with Crippen LogP contribution >= 0.6 is 0 Å².